The van der Waals surface area contributed by atoms with E-state index in [0.717, 1.165) is 32.1 Å². The van der Waals surface area contributed by atoms with Gasteiger partial charge in [0.1, 0.15) is 12.2 Å². The van der Waals surface area contributed by atoms with Crippen LogP contribution in [0.3, 0.4) is 0 Å². The minimum Gasteiger partial charge on any atom is -0.460 e. The van der Waals surface area contributed by atoms with Gasteiger partial charge in [-0.25, -0.2) is 0 Å². The molecule has 3 nitrogen and oxygen atoms in total. The zero-order valence-corrected chi connectivity index (χ0v) is 12.6. The normalized spacial score (nSPS) is 25.4. The number of aliphatic hydroxyl groups excluding tert-OH is 1. The molecule has 1 heterocycles. The van der Waals surface area contributed by atoms with Crippen LogP contribution in [0.15, 0.2) is 0 Å². The van der Waals surface area contributed by atoms with Gasteiger partial charge in [-0.3, -0.25) is 4.79 Å². The molecular weight excluding hydrogens is 252 g/mol. The Labute approximate surface area is 123 Å². The van der Waals surface area contributed by atoms with E-state index in [1.165, 1.54) is 32.1 Å². The third kappa shape index (κ3) is 5.96. The molecule has 2 unspecified atom stereocenters. The monoisotopic (exact) mass is 280 g/mol. The van der Waals surface area contributed by atoms with Crippen molar-refractivity contribution in [2.45, 2.75) is 83.3 Å². The summed E-state index contributed by atoms with van der Waals surface area (Å²) in [6, 6.07) is 0. The van der Waals surface area contributed by atoms with Crippen LogP contribution < -0.4 is 0 Å². The lowest BCUT2D eigenvalue weighted by Crippen LogP contribution is -2.24. The second-order valence-corrected chi connectivity index (χ2v) is 5.81. The van der Waals surface area contributed by atoms with E-state index in [1.807, 2.05) is 0 Å². The first kappa shape index (κ1) is 17.0. The molecule has 1 aliphatic heterocycles. The first-order chi connectivity index (χ1) is 9.66. The highest BCUT2D eigenvalue weighted by Crippen LogP contribution is 2.26. The van der Waals surface area contributed by atoms with Crippen molar-refractivity contribution < 1.29 is 14.6 Å². The number of aliphatic hydroxyl groups is 1. The average molecular weight is 280 g/mol. The van der Waals surface area contributed by atoms with Crippen LogP contribution in [-0.4, -0.2) is 23.3 Å². The number of terminal acetylenes is 1. The van der Waals surface area contributed by atoms with Crippen molar-refractivity contribution in [2.75, 3.05) is 0 Å². The molecule has 0 radical (unpaired) electrons. The van der Waals surface area contributed by atoms with Crippen LogP contribution >= 0.6 is 0 Å². The van der Waals surface area contributed by atoms with Crippen molar-refractivity contribution in [3.05, 3.63) is 0 Å². The van der Waals surface area contributed by atoms with E-state index in [1.54, 1.807) is 6.92 Å². The van der Waals surface area contributed by atoms with E-state index < -0.39 is 6.10 Å². The van der Waals surface area contributed by atoms with Crippen LogP contribution in [0.1, 0.15) is 71.1 Å². The van der Waals surface area contributed by atoms with Crippen molar-refractivity contribution >= 4 is 5.97 Å². The number of hydrogen-bond acceptors (Lipinski definition) is 3. The number of carbonyl (C=O) groups is 1. The molecule has 0 aromatic rings. The molecule has 1 N–H and O–H groups in total. The Morgan fingerprint density at radius 3 is 2.15 bits per heavy atom. The van der Waals surface area contributed by atoms with Gasteiger partial charge in [-0.2, -0.15) is 0 Å². The Morgan fingerprint density at radius 1 is 1.10 bits per heavy atom. The fourth-order valence-corrected chi connectivity index (χ4v) is 2.75. The van der Waals surface area contributed by atoms with Gasteiger partial charge in [0.05, 0.1) is 5.92 Å². The molecule has 1 aliphatic rings. The van der Waals surface area contributed by atoms with E-state index >= 15 is 0 Å². The number of ether oxygens (including phenoxy) is 1. The summed E-state index contributed by atoms with van der Waals surface area (Å²) in [5.41, 5.74) is 0. The van der Waals surface area contributed by atoms with Crippen LogP contribution in [0.25, 0.3) is 0 Å². The predicted octanol–water partition coefficient (Wildman–Crippen LogP) is 3.44. The standard InChI is InChI=1S/C17H28O3/c1-3-4-5-6-7-8-9-10-11-12-13-15-16(18)14(2)20-17(15)19/h1,14-16,18H,4-13H2,2H3/t14-,15?,16?/m0/s1. The van der Waals surface area contributed by atoms with Crippen molar-refractivity contribution in [1.29, 1.82) is 0 Å². The lowest BCUT2D eigenvalue weighted by Gasteiger charge is -2.11. The number of unbranched alkanes of at least 4 members (excludes halogenated alkanes) is 8. The van der Waals surface area contributed by atoms with E-state index in [-0.39, 0.29) is 18.0 Å². The highest BCUT2D eigenvalue weighted by molar-refractivity contribution is 5.75. The van der Waals surface area contributed by atoms with Gasteiger partial charge in [-0.05, 0) is 19.8 Å². The lowest BCUT2D eigenvalue weighted by molar-refractivity contribution is -0.143. The molecule has 3 heteroatoms. The molecule has 114 valence electrons. The molecule has 0 aromatic carbocycles. The van der Waals surface area contributed by atoms with Crippen LogP contribution in [0.5, 0.6) is 0 Å². The summed E-state index contributed by atoms with van der Waals surface area (Å²) in [7, 11) is 0. The Bertz CT molecular complexity index is 319. The molecule has 0 saturated carbocycles. The van der Waals surface area contributed by atoms with Crippen LogP contribution in [0, 0.1) is 18.3 Å². The molecule has 0 spiro atoms. The maximum atomic E-state index is 11.5. The molecule has 1 saturated heterocycles. The van der Waals surface area contributed by atoms with Gasteiger partial charge in [-0.15, -0.1) is 12.3 Å². The zero-order valence-electron chi connectivity index (χ0n) is 12.6. The SMILES string of the molecule is C#CCCCCCCCCCCC1C(=O)O[C@@H](C)C1O. The number of esters is 1. The van der Waals surface area contributed by atoms with Gasteiger partial charge in [0.2, 0.25) is 0 Å². The summed E-state index contributed by atoms with van der Waals surface area (Å²) < 4.78 is 5.03. The van der Waals surface area contributed by atoms with E-state index in [2.05, 4.69) is 5.92 Å². The van der Waals surface area contributed by atoms with Crippen molar-refractivity contribution in [2.24, 2.45) is 5.92 Å². The molecule has 1 rings (SSSR count). The van der Waals surface area contributed by atoms with Crippen molar-refractivity contribution in [3.63, 3.8) is 0 Å². The third-order valence-electron chi connectivity index (χ3n) is 4.08. The highest BCUT2D eigenvalue weighted by Gasteiger charge is 2.40. The minimum atomic E-state index is -0.612. The van der Waals surface area contributed by atoms with Crippen LogP contribution in [0.4, 0.5) is 0 Å². The maximum Gasteiger partial charge on any atom is 0.312 e. The molecule has 1 fully saturated rings. The Balaban J connectivity index is 1.92. The Morgan fingerprint density at radius 2 is 1.65 bits per heavy atom. The number of cyclic esters (lactones) is 1. The van der Waals surface area contributed by atoms with Gasteiger partial charge < -0.3 is 9.84 Å². The smallest absolute Gasteiger partial charge is 0.312 e. The average Bonchev–Trinajstić information content (AvgIpc) is 2.67. The van der Waals surface area contributed by atoms with Crippen molar-refractivity contribution in [3.8, 4) is 12.3 Å². The molecule has 3 atom stereocenters. The fourth-order valence-electron chi connectivity index (χ4n) is 2.75. The number of rotatable bonds is 10. The summed E-state index contributed by atoms with van der Waals surface area (Å²) in [4.78, 5) is 11.5. The van der Waals surface area contributed by atoms with Gasteiger partial charge in [0.15, 0.2) is 0 Å². The topological polar surface area (TPSA) is 46.5 Å². The highest BCUT2D eigenvalue weighted by atomic mass is 16.6. The first-order valence-electron chi connectivity index (χ1n) is 7.99. The Kier molecular flexibility index (Phi) is 8.37. The number of hydrogen-bond donors (Lipinski definition) is 1. The summed E-state index contributed by atoms with van der Waals surface area (Å²) in [6.07, 6.45) is 15.4. The quantitative estimate of drug-likeness (QED) is 0.379. The predicted molar refractivity (Wildman–Crippen MR) is 80.1 cm³/mol. The molecule has 0 aromatic heterocycles. The lowest BCUT2D eigenvalue weighted by atomic mass is 9.95. The van der Waals surface area contributed by atoms with E-state index in [9.17, 15) is 9.90 Å². The van der Waals surface area contributed by atoms with Gasteiger partial charge in [0.25, 0.3) is 0 Å². The molecule has 0 bridgehead atoms. The summed E-state index contributed by atoms with van der Waals surface area (Å²) in [6.45, 7) is 1.75. The van der Waals surface area contributed by atoms with Crippen LogP contribution in [0.2, 0.25) is 0 Å². The largest absolute Gasteiger partial charge is 0.460 e. The van der Waals surface area contributed by atoms with E-state index in [4.69, 9.17) is 11.2 Å². The zero-order chi connectivity index (χ0) is 14.8. The molecule has 0 amide bonds. The minimum absolute atomic E-state index is 0.224. The summed E-state index contributed by atoms with van der Waals surface area (Å²) in [5.74, 6) is 2.14. The fraction of sp³-hybridized carbons (Fsp3) is 0.824. The second kappa shape index (κ2) is 9.83. The van der Waals surface area contributed by atoms with Gasteiger partial charge >= 0.3 is 5.97 Å². The van der Waals surface area contributed by atoms with Crippen LogP contribution in [-0.2, 0) is 9.53 Å². The molecule has 0 aliphatic carbocycles. The maximum absolute atomic E-state index is 11.5. The summed E-state index contributed by atoms with van der Waals surface area (Å²) in [5, 5.41) is 9.81. The first-order valence-corrected chi connectivity index (χ1v) is 7.99. The van der Waals surface area contributed by atoms with Gasteiger partial charge in [0, 0.05) is 6.42 Å². The molecular formula is C17H28O3. The number of carbonyl (C=O) groups excluding carboxylic acids is 1. The second-order valence-electron chi connectivity index (χ2n) is 5.81. The summed E-state index contributed by atoms with van der Waals surface area (Å²) >= 11 is 0. The van der Waals surface area contributed by atoms with Gasteiger partial charge in [-0.1, -0.05) is 44.9 Å². The van der Waals surface area contributed by atoms with Crippen molar-refractivity contribution in [1.82, 2.24) is 0 Å². The van der Waals surface area contributed by atoms with E-state index in [0.29, 0.717) is 0 Å². The Hall–Kier alpha value is -1.01. The molecule has 20 heavy (non-hydrogen) atoms. The third-order valence-corrected chi connectivity index (χ3v) is 4.08.